The van der Waals surface area contributed by atoms with Crippen LogP contribution in [0.4, 0.5) is 0 Å². The molecule has 0 spiro atoms. The van der Waals surface area contributed by atoms with Gasteiger partial charge in [-0.2, -0.15) is 0 Å². The molecule has 2 aromatic rings. The van der Waals surface area contributed by atoms with Crippen LogP contribution in [0.15, 0.2) is 54.6 Å². The molecular formula is C23H28N2O2. The van der Waals surface area contributed by atoms with Crippen LogP contribution in [0, 0.1) is 0 Å². The molecule has 0 radical (unpaired) electrons. The van der Waals surface area contributed by atoms with E-state index < -0.39 is 5.60 Å². The van der Waals surface area contributed by atoms with Gasteiger partial charge < -0.3 is 10.0 Å². The standard InChI is InChI=1S/C23H28N2O2/c26-22(20-10-8-19(9-11-20)18-24-14-4-5-15-24)25-16-12-23(27,13-17-25)21-6-2-1-3-7-21/h1-3,6-11,27H,4-5,12-18H2. The lowest BCUT2D eigenvalue weighted by Gasteiger charge is -2.38. The zero-order valence-electron chi connectivity index (χ0n) is 15.8. The van der Waals surface area contributed by atoms with Crippen LogP contribution in [0.1, 0.15) is 47.2 Å². The number of piperidine rings is 1. The maximum absolute atomic E-state index is 12.8. The second-order valence-corrected chi connectivity index (χ2v) is 7.87. The number of aliphatic hydroxyl groups is 1. The molecule has 2 saturated heterocycles. The van der Waals surface area contributed by atoms with Crippen molar-refractivity contribution in [2.75, 3.05) is 26.2 Å². The number of benzene rings is 2. The molecule has 0 bridgehead atoms. The van der Waals surface area contributed by atoms with Crippen LogP contribution in [0.5, 0.6) is 0 Å². The molecule has 27 heavy (non-hydrogen) atoms. The van der Waals surface area contributed by atoms with Crippen LogP contribution in [0.3, 0.4) is 0 Å². The highest BCUT2D eigenvalue weighted by Crippen LogP contribution is 2.33. The lowest BCUT2D eigenvalue weighted by molar-refractivity contribution is -0.0211. The van der Waals surface area contributed by atoms with Gasteiger partial charge in [0, 0.05) is 25.2 Å². The summed E-state index contributed by atoms with van der Waals surface area (Å²) in [5.74, 6) is 0.0674. The molecule has 0 aliphatic carbocycles. The Morgan fingerprint density at radius 1 is 0.889 bits per heavy atom. The predicted octanol–water partition coefficient (Wildman–Crippen LogP) is 3.41. The third kappa shape index (κ3) is 4.07. The molecule has 4 heteroatoms. The minimum absolute atomic E-state index is 0.0674. The van der Waals surface area contributed by atoms with E-state index in [1.807, 2.05) is 47.4 Å². The Kier molecular flexibility index (Phi) is 5.28. The van der Waals surface area contributed by atoms with Gasteiger partial charge in [-0.05, 0) is 62.0 Å². The Bertz CT molecular complexity index is 759. The molecule has 0 atom stereocenters. The minimum Gasteiger partial charge on any atom is -0.385 e. The number of carbonyl (C=O) groups excluding carboxylic acids is 1. The fourth-order valence-electron chi connectivity index (χ4n) is 4.25. The molecule has 0 unspecified atom stereocenters. The summed E-state index contributed by atoms with van der Waals surface area (Å²) in [7, 11) is 0. The van der Waals surface area contributed by atoms with Crippen molar-refractivity contribution in [3.8, 4) is 0 Å². The van der Waals surface area contributed by atoms with Gasteiger partial charge >= 0.3 is 0 Å². The van der Waals surface area contributed by atoms with E-state index in [4.69, 9.17) is 0 Å². The first kappa shape index (κ1) is 18.2. The summed E-state index contributed by atoms with van der Waals surface area (Å²) in [4.78, 5) is 17.2. The van der Waals surface area contributed by atoms with Gasteiger partial charge in [0.1, 0.15) is 0 Å². The van der Waals surface area contributed by atoms with Gasteiger partial charge in [-0.1, -0.05) is 42.5 Å². The molecule has 4 nitrogen and oxygen atoms in total. The Hall–Kier alpha value is -2.17. The first-order valence-electron chi connectivity index (χ1n) is 10.0. The Labute approximate surface area is 161 Å². The molecular weight excluding hydrogens is 336 g/mol. The van der Waals surface area contributed by atoms with Crippen LogP contribution in [0.2, 0.25) is 0 Å². The van der Waals surface area contributed by atoms with Crippen LogP contribution in [-0.4, -0.2) is 47.0 Å². The van der Waals surface area contributed by atoms with Gasteiger partial charge in [-0.25, -0.2) is 0 Å². The van der Waals surface area contributed by atoms with Crippen molar-refractivity contribution in [1.29, 1.82) is 0 Å². The van der Waals surface area contributed by atoms with Gasteiger partial charge in [0.05, 0.1) is 5.60 Å². The van der Waals surface area contributed by atoms with E-state index in [2.05, 4.69) is 17.0 Å². The number of nitrogens with zero attached hydrogens (tertiary/aromatic N) is 2. The number of hydrogen-bond acceptors (Lipinski definition) is 3. The van der Waals surface area contributed by atoms with E-state index in [9.17, 15) is 9.90 Å². The summed E-state index contributed by atoms with van der Waals surface area (Å²) in [6.45, 7) is 4.50. The van der Waals surface area contributed by atoms with Gasteiger partial charge in [0.25, 0.3) is 5.91 Å². The highest BCUT2D eigenvalue weighted by molar-refractivity contribution is 5.94. The first-order chi connectivity index (χ1) is 13.1. The molecule has 0 saturated carbocycles. The SMILES string of the molecule is O=C(c1ccc(CN2CCCC2)cc1)N1CCC(O)(c2ccccc2)CC1. The molecule has 2 fully saturated rings. The lowest BCUT2D eigenvalue weighted by atomic mass is 9.84. The van der Waals surface area contributed by atoms with E-state index in [0.717, 1.165) is 17.7 Å². The topological polar surface area (TPSA) is 43.8 Å². The zero-order chi connectivity index (χ0) is 18.7. The van der Waals surface area contributed by atoms with Gasteiger partial charge in [0.2, 0.25) is 0 Å². The number of amides is 1. The quantitative estimate of drug-likeness (QED) is 0.904. The summed E-state index contributed by atoms with van der Waals surface area (Å²) < 4.78 is 0. The van der Waals surface area contributed by atoms with E-state index in [-0.39, 0.29) is 5.91 Å². The van der Waals surface area contributed by atoms with Crippen molar-refractivity contribution in [2.45, 2.75) is 37.8 Å². The number of carbonyl (C=O) groups is 1. The lowest BCUT2D eigenvalue weighted by Crippen LogP contribution is -2.45. The van der Waals surface area contributed by atoms with Crippen molar-refractivity contribution in [3.05, 3.63) is 71.3 Å². The number of hydrogen-bond donors (Lipinski definition) is 1. The third-order valence-corrected chi connectivity index (χ3v) is 5.99. The number of likely N-dealkylation sites (tertiary alicyclic amines) is 2. The summed E-state index contributed by atoms with van der Waals surface area (Å²) in [6.07, 6.45) is 3.74. The number of rotatable bonds is 4. The average Bonchev–Trinajstić information content (AvgIpc) is 3.22. The van der Waals surface area contributed by atoms with Gasteiger partial charge in [-0.15, -0.1) is 0 Å². The highest BCUT2D eigenvalue weighted by atomic mass is 16.3. The van der Waals surface area contributed by atoms with E-state index >= 15 is 0 Å². The predicted molar refractivity (Wildman–Crippen MR) is 106 cm³/mol. The van der Waals surface area contributed by atoms with Crippen LogP contribution in [-0.2, 0) is 12.1 Å². The molecule has 1 amide bonds. The Balaban J connectivity index is 1.36. The average molecular weight is 364 g/mol. The zero-order valence-corrected chi connectivity index (χ0v) is 15.8. The van der Waals surface area contributed by atoms with Crippen molar-refractivity contribution < 1.29 is 9.90 Å². The third-order valence-electron chi connectivity index (χ3n) is 5.99. The summed E-state index contributed by atoms with van der Waals surface area (Å²) in [5.41, 5.74) is 2.14. The maximum atomic E-state index is 12.8. The van der Waals surface area contributed by atoms with Gasteiger partial charge in [0.15, 0.2) is 0 Å². The van der Waals surface area contributed by atoms with Crippen molar-refractivity contribution >= 4 is 5.91 Å². The van der Waals surface area contributed by atoms with Crippen LogP contribution in [0.25, 0.3) is 0 Å². The minimum atomic E-state index is -0.822. The van der Waals surface area contributed by atoms with Gasteiger partial charge in [-0.3, -0.25) is 9.69 Å². The molecule has 2 heterocycles. The fraction of sp³-hybridized carbons (Fsp3) is 0.435. The molecule has 2 aromatic carbocycles. The second-order valence-electron chi connectivity index (χ2n) is 7.87. The van der Waals surface area contributed by atoms with Crippen molar-refractivity contribution in [3.63, 3.8) is 0 Å². The molecule has 142 valence electrons. The second kappa shape index (κ2) is 7.83. The molecule has 4 rings (SSSR count). The van der Waals surface area contributed by atoms with E-state index in [1.165, 1.54) is 31.5 Å². The largest absolute Gasteiger partial charge is 0.385 e. The van der Waals surface area contributed by atoms with Crippen molar-refractivity contribution in [2.24, 2.45) is 0 Å². The molecule has 2 aliphatic heterocycles. The smallest absolute Gasteiger partial charge is 0.253 e. The molecule has 2 aliphatic rings. The normalized spacial score (nSPS) is 20.0. The maximum Gasteiger partial charge on any atom is 0.253 e. The summed E-state index contributed by atoms with van der Waals surface area (Å²) >= 11 is 0. The highest BCUT2D eigenvalue weighted by Gasteiger charge is 2.35. The summed E-state index contributed by atoms with van der Waals surface area (Å²) in [6, 6.07) is 17.9. The van der Waals surface area contributed by atoms with Crippen LogP contribution < -0.4 is 0 Å². The molecule has 1 N–H and O–H groups in total. The molecule has 0 aromatic heterocycles. The fourth-order valence-corrected chi connectivity index (χ4v) is 4.25. The Morgan fingerprint density at radius 3 is 2.15 bits per heavy atom. The van der Waals surface area contributed by atoms with Crippen molar-refractivity contribution in [1.82, 2.24) is 9.80 Å². The van der Waals surface area contributed by atoms with Crippen LogP contribution >= 0.6 is 0 Å². The van der Waals surface area contributed by atoms with E-state index in [1.54, 1.807) is 0 Å². The first-order valence-corrected chi connectivity index (χ1v) is 10.0. The summed E-state index contributed by atoms with van der Waals surface area (Å²) in [5, 5.41) is 10.9. The monoisotopic (exact) mass is 364 g/mol. The Morgan fingerprint density at radius 2 is 1.52 bits per heavy atom. The van der Waals surface area contributed by atoms with E-state index in [0.29, 0.717) is 25.9 Å².